The normalized spacial score (nSPS) is 10.9. The standard InChI is InChI=1S/C17H14N6O2S/c18-15(24)11-8-4-5-9-12(11)20-21-14-13(10-6-2-1-3-7-10)22-23(16(14)25)17(19)26/h1-9,22H,(H2,18,24)(H2,19,26). The maximum absolute atomic E-state index is 12.6. The van der Waals surface area contributed by atoms with E-state index in [1.807, 2.05) is 18.2 Å². The van der Waals surface area contributed by atoms with Crippen molar-refractivity contribution in [2.45, 2.75) is 0 Å². The number of amides is 1. The Hall–Kier alpha value is -3.59. The molecule has 0 unspecified atom stereocenters. The van der Waals surface area contributed by atoms with Gasteiger partial charge in [0.05, 0.1) is 16.9 Å². The molecule has 0 saturated carbocycles. The minimum absolute atomic E-state index is 0.0169. The van der Waals surface area contributed by atoms with Crippen molar-refractivity contribution in [2.75, 3.05) is 0 Å². The van der Waals surface area contributed by atoms with Crippen molar-refractivity contribution in [1.82, 2.24) is 9.78 Å². The average Bonchev–Trinajstić information content (AvgIpc) is 2.97. The summed E-state index contributed by atoms with van der Waals surface area (Å²) in [5, 5.41) is 10.7. The molecule has 9 heteroatoms. The summed E-state index contributed by atoms with van der Waals surface area (Å²) in [5.74, 6) is -0.641. The number of carbonyl (C=O) groups excluding carboxylic acids is 1. The molecule has 1 aromatic heterocycles. The third-order valence-corrected chi connectivity index (χ3v) is 3.76. The summed E-state index contributed by atoms with van der Waals surface area (Å²) in [7, 11) is 0. The second-order valence-corrected chi connectivity index (χ2v) is 5.68. The number of nitrogens with zero attached hydrogens (tertiary/aromatic N) is 3. The molecule has 3 aromatic rings. The molecule has 2 aromatic carbocycles. The molecule has 1 amide bonds. The molecule has 3 rings (SSSR count). The number of H-pyrrole nitrogens is 1. The minimum Gasteiger partial charge on any atom is -0.374 e. The summed E-state index contributed by atoms with van der Waals surface area (Å²) in [6.45, 7) is 0. The van der Waals surface area contributed by atoms with Crippen molar-refractivity contribution in [3.63, 3.8) is 0 Å². The van der Waals surface area contributed by atoms with Gasteiger partial charge in [-0.05, 0) is 24.4 Å². The highest BCUT2D eigenvalue weighted by Crippen LogP contribution is 2.28. The van der Waals surface area contributed by atoms with Gasteiger partial charge in [0.25, 0.3) is 5.91 Å². The van der Waals surface area contributed by atoms with Crippen LogP contribution in [0.5, 0.6) is 0 Å². The Morgan fingerprint density at radius 2 is 1.65 bits per heavy atom. The van der Waals surface area contributed by atoms with Gasteiger partial charge in [0, 0.05) is 5.56 Å². The van der Waals surface area contributed by atoms with E-state index in [1.165, 1.54) is 6.07 Å². The van der Waals surface area contributed by atoms with E-state index in [9.17, 15) is 9.59 Å². The summed E-state index contributed by atoms with van der Waals surface area (Å²) in [4.78, 5) is 24.1. The molecule has 130 valence electrons. The highest BCUT2D eigenvalue weighted by molar-refractivity contribution is 7.80. The van der Waals surface area contributed by atoms with Gasteiger partial charge in [-0.25, -0.2) is 0 Å². The quantitative estimate of drug-likeness (QED) is 0.483. The van der Waals surface area contributed by atoms with Gasteiger partial charge < -0.3 is 11.5 Å². The van der Waals surface area contributed by atoms with E-state index < -0.39 is 11.5 Å². The minimum atomic E-state index is -0.641. The van der Waals surface area contributed by atoms with E-state index in [-0.39, 0.29) is 22.1 Å². The Bertz CT molecular complexity index is 1070. The summed E-state index contributed by atoms with van der Waals surface area (Å²) < 4.78 is 1.01. The number of benzene rings is 2. The van der Waals surface area contributed by atoms with Crippen LogP contribution in [0.15, 0.2) is 69.6 Å². The number of azo groups is 1. The first-order chi connectivity index (χ1) is 12.5. The molecule has 5 N–H and O–H groups in total. The molecule has 26 heavy (non-hydrogen) atoms. The monoisotopic (exact) mass is 366 g/mol. The number of hydrogen-bond acceptors (Lipinski definition) is 5. The van der Waals surface area contributed by atoms with Gasteiger partial charge >= 0.3 is 5.56 Å². The van der Waals surface area contributed by atoms with E-state index in [1.54, 1.807) is 30.3 Å². The van der Waals surface area contributed by atoms with Crippen LogP contribution in [0.1, 0.15) is 10.4 Å². The largest absolute Gasteiger partial charge is 0.374 e. The second kappa shape index (κ2) is 7.11. The predicted molar refractivity (Wildman–Crippen MR) is 102 cm³/mol. The van der Waals surface area contributed by atoms with Crippen LogP contribution in [0.3, 0.4) is 0 Å². The zero-order valence-corrected chi connectivity index (χ0v) is 14.2. The molecule has 0 spiro atoms. The number of nitrogens with one attached hydrogen (secondary N) is 1. The lowest BCUT2D eigenvalue weighted by atomic mass is 10.1. The fourth-order valence-electron chi connectivity index (χ4n) is 2.36. The first-order valence-electron chi connectivity index (χ1n) is 7.50. The SMILES string of the molecule is NC(=O)c1ccccc1N=Nc1c(-c2ccccc2)[nH]n(C(N)=S)c1=O. The molecule has 0 aliphatic carbocycles. The van der Waals surface area contributed by atoms with Crippen LogP contribution in [0.2, 0.25) is 0 Å². The van der Waals surface area contributed by atoms with Crippen molar-refractivity contribution >= 4 is 34.6 Å². The van der Waals surface area contributed by atoms with Gasteiger partial charge in [0.1, 0.15) is 0 Å². The Morgan fingerprint density at radius 1 is 1.00 bits per heavy atom. The van der Waals surface area contributed by atoms with E-state index in [2.05, 4.69) is 15.3 Å². The van der Waals surface area contributed by atoms with Gasteiger partial charge in [-0.15, -0.1) is 10.2 Å². The molecule has 0 radical (unpaired) electrons. The average molecular weight is 366 g/mol. The van der Waals surface area contributed by atoms with E-state index in [0.29, 0.717) is 11.3 Å². The second-order valence-electron chi connectivity index (χ2n) is 5.26. The molecule has 0 atom stereocenters. The van der Waals surface area contributed by atoms with Gasteiger partial charge in [-0.1, -0.05) is 42.5 Å². The number of carbonyl (C=O) groups is 1. The lowest BCUT2D eigenvalue weighted by Crippen LogP contribution is -2.29. The molecular formula is C17H14N6O2S. The molecule has 0 aliphatic rings. The number of aromatic nitrogens is 2. The Labute approximate surface area is 153 Å². The number of rotatable bonds is 4. The van der Waals surface area contributed by atoms with Crippen molar-refractivity contribution in [3.8, 4) is 11.3 Å². The van der Waals surface area contributed by atoms with Crippen molar-refractivity contribution in [3.05, 3.63) is 70.5 Å². The molecular weight excluding hydrogens is 352 g/mol. The summed E-state index contributed by atoms with van der Waals surface area (Å²) >= 11 is 4.88. The van der Waals surface area contributed by atoms with Crippen LogP contribution in [0.25, 0.3) is 11.3 Å². The Balaban J connectivity index is 2.15. The first kappa shape index (κ1) is 17.2. The smallest absolute Gasteiger partial charge is 0.301 e. The number of thiocarbonyl (C=S) groups is 1. The third-order valence-electron chi connectivity index (χ3n) is 3.58. The van der Waals surface area contributed by atoms with Crippen LogP contribution in [-0.2, 0) is 0 Å². The molecule has 0 saturated heterocycles. The van der Waals surface area contributed by atoms with Crippen molar-refractivity contribution in [1.29, 1.82) is 0 Å². The number of hydrogen-bond donors (Lipinski definition) is 3. The summed E-state index contributed by atoms with van der Waals surface area (Å²) in [6, 6.07) is 15.5. The van der Waals surface area contributed by atoms with Gasteiger partial charge in [0.15, 0.2) is 10.8 Å². The lowest BCUT2D eigenvalue weighted by molar-refractivity contribution is 0.100. The molecule has 0 fully saturated rings. The predicted octanol–water partition coefficient (Wildman–Crippen LogP) is 2.45. The fraction of sp³-hybridized carbons (Fsp3) is 0. The highest BCUT2D eigenvalue weighted by Gasteiger charge is 2.17. The lowest BCUT2D eigenvalue weighted by Gasteiger charge is -2.00. The number of primary amides is 1. The Kier molecular flexibility index (Phi) is 4.72. The van der Waals surface area contributed by atoms with Gasteiger partial charge in [0.2, 0.25) is 0 Å². The van der Waals surface area contributed by atoms with Crippen molar-refractivity contribution in [2.24, 2.45) is 21.7 Å². The topological polar surface area (TPSA) is 132 Å². The summed E-state index contributed by atoms with van der Waals surface area (Å²) in [5.41, 5.74) is 11.9. The van der Waals surface area contributed by atoms with Crippen molar-refractivity contribution < 1.29 is 4.79 Å². The van der Waals surface area contributed by atoms with Crippen LogP contribution < -0.4 is 17.0 Å². The zero-order chi connectivity index (χ0) is 18.7. The highest BCUT2D eigenvalue weighted by atomic mass is 32.1. The van der Waals surface area contributed by atoms with Gasteiger partial charge in [-0.3, -0.25) is 14.7 Å². The van der Waals surface area contributed by atoms with Crippen LogP contribution in [0.4, 0.5) is 11.4 Å². The van der Waals surface area contributed by atoms with Gasteiger partial charge in [-0.2, -0.15) is 4.68 Å². The molecule has 1 heterocycles. The Morgan fingerprint density at radius 3 is 2.31 bits per heavy atom. The fourth-order valence-corrected chi connectivity index (χ4v) is 2.48. The maximum atomic E-state index is 12.6. The van der Waals surface area contributed by atoms with Crippen LogP contribution in [-0.4, -0.2) is 20.8 Å². The van der Waals surface area contributed by atoms with Crippen LogP contribution in [0, 0.1) is 0 Å². The van der Waals surface area contributed by atoms with E-state index >= 15 is 0 Å². The number of aromatic amines is 1. The molecule has 0 aliphatic heterocycles. The maximum Gasteiger partial charge on any atom is 0.301 e. The molecule has 8 nitrogen and oxygen atoms in total. The van der Waals surface area contributed by atoms with E-state index in [4.69, 9.17) is 23.7 Å². The molecule has 0 bridgehead atoms. The van der Waals surface area contributed by atoms with Crippen LogP contribution >= 0.6 is 12.2 Å². The number of nitrogens with two attached hydrogens (primary N) is 2. The third kappa shape index (κ3) is 3.28. The van der Waals surface area contributed by atoms with E-state index in [0.717, 1.165) is 4.68 Å². The first-order valence-corrected chi connectivity index (χ1v) is 7.90. The zero-order valence-electron chi connectivity index (χ0n) is 13.4. The summed E-state index contributed by atoms with van der Waals surface area (Å²) in [6.07, 6.45) is 0.